The standard InChI is InChI=1S/C19H18F3N7O2S/c1-5-29-8-6-7-12-9-13(14(10-16(12)29)27-32(30,31)19(20,21)22)25-26-17-11-15(23-2)18(24-3)28(17)4/h9-11,27H,5-8H2,1,4H3. The molecule has 0 unspecified atom stereocenters. The minimum Gasteiger partial charge on any atom is -0.375 e. The highest BCUT2D eigenvalue weighted by Gasteiger charge is 2.46. The topological polar surface area (TPSA) is 87.8 Å². The molecule has 0 aliphatic carbocycles. The molecule has 1 aromatic carbocycles. The molecule has 2 aromatic rings. The van der Waals surface area contributed by atoms with E-state index in [0.717, 1.165) is 12.0 Å². The average molecular weight is 465 g/mol. The zero-order chi connectivity index (χ0) is 23.7. The van der Waals surface area contributed by atoms with Crippen LogP contribution in [0.15, 0.2) is 28.4 Å². The zero-order valence-electron chi connectivity index (χ0n) is 17.1. The predicted molar refractivity (Wildman–Crippen MR) is 113 cm³/mol. The minimum atomic E-state index is -5.68. The van der Waals surface area contributed by atoms with Crippen molar-refractivity contribution >= 4 is 44.4 Å². The predicted octanol–water partition coefficient (Wildman–Crippen LogP) is 5.58. The van der Waals surface area contributed by atoms with Gasteiger partial charge in [0.25, 0.3) is 0 Å². The van der Waals surface area contributed by atoms with Crippen LogP contribution in [0.5, 0.6) is 0 Å². The smallest absolute Gasteiger partial charge is 0.375 e. The summed E-state index contributed by atoms with van der Waals surface area (Å²) in [4.78, 5) is 8.44. The second-order valence-corrected chi connectivity index (χ2v) is 8.60. The first-order valence-electron chi connectivity index (χ1n) is 9.39. The maximum Gasteiger partial charge on any atom is 0.516 e. The first kappa shape index (κ1) is 23.1. The molecule has 0 saturated carbocycles. The largest absolute Gasteiger partial charge is 0.516 e. The van der Waals surface area contributed by atoms with Crippen LogP contribution in [0.3, 0.4) is 0 Å². The number of anilines is 2. The van der Waals surface area contributed by atoms with Crippen LogP contribution in [0.4, 0.5) is 47.6 Å². The number of azo groups is 1. The number of nitrogens with zero attached hydrogens (tertiary/aromatic N) is 6. The van der Waals surface area contributed by atoms with Crippen molar-refractivity contribution in [2.75, 3.05) is 22.7 Å². The van der Waals surface area contributed by atoms with E-state index in [9.17, 15) is 21.6 Å². The lowest BCUT2D eigenvalue weighted by molar-refractivity contribution is -0.0429. The number of hydrogen-bond acceptors (Lipinski definition) is 5. The summed E-state index contributed by atoms with van der Waals surface area (Å²) in [5, 5.41) is 7.94. The number of hydrogen-bond donors (Lipinski definition) is 1. The fourth-order valence-electron chi connectivity index (χ4n) is 3.37. The Labute approximate surface area is 182 Å². The summed E-state index contributed by atoms with van der Waals surface area (Å²) < 4.78 is 65.4. The SMILES string of the molecule is [C-]#[N+]c1cc(N=Nc2cc3c(cc2NS(=O)(=O)C(F)(F)F)N(CC)CCC3)n(C)c1[N+]#[C-]. The quantitative estimate of drug-likeness (QED) is 0.462. The van der Waals surface area contributed by atoms with Crippen LogP contribution in [-0.4, -0.2) is 31.6 Å². The molecule has 0 radical (unpaired) electrons. The van der Waals surface area contributed by atoms with Crippen molar-refractivity contribution < 1.29 is 21.6 Å². The van der Waals surface area contributed by atoms with Gasteiger partial charge in [-0.1, -0.05) is 6.57 Å². The van der Waals surface area contributed by atoms with Crippen molar-refractivity contribution in [2.45, 2.75) is 25.3 Å². The third kappa shape index (κ3) is 4.24. The number of rotatable bonds is 5. The molecule has 0 bridgehead atoms. The van der Waals surface area contributed by atoms with Gasteiger partial charge < -0.3 is 9.74 Å². The van der Waals surface area contributed by atoms with E-state index in [-0.39, 0.29) is 28.7 Å². The normalized spacial score (nSPS) is 14.2. The molecule has 1 aliphatic rings. The fraction of sp³-hybridized carbons (Fsp3) is 0.368. The van der Waals surface area contributed by atoms with Crippen molar-refractivity contribution in [1.82, 2.24) is 4.57 Å². The molecule has 0 saturated heterocycles. The molecule has 13 heteroatoms. The van der Waals surface area contributed by atoms with Crippen LogP contribution in [-0.2, 0) is 23.5 Å². The Bertz CT molecular complexity index is 1270. The number of benzene rings is 1. The molecule has 0 atom stereocenters. The summed E-state index contributed by atoms with van der Waals surface area (Å²) in [5.41, 5.74) is -4.49. The average Bonchev–Trinajstić information content (AvgIpc) is 3.05. The van der Waals surface area contributed by atoms with Gasteiger partial charge in [0.15, 0.2) is 0 Å². The Morgan fingerprint density at radius 1 is 1.19 bits per heavy atom. The molecular formula is C19H18F3N7O2S. The highest BCUT2D eigenvalue weighted by molar-refractivity contribution is 7.93. The minimum absolute atomic E-state index is 0.0379. The zero-order valence-corrected chi connectivity index (χ0v) is 17.9. The van der Waals surface area contributed by atoms with E-state index in [0.29, 0.717) is 25.2 Å². The van der Waals surface area contributed by atoms with E-state index in [1.54, 1.807) is 4.72 Å². The van der Waals surface area contributed by atoms with Crippen molar-refractivity contribution in [3.05, 3.63) is 46.6 Å². The molecule has 1 N–H and O–H groups in total. The van der Waals surface area contributed by atoms with Gasteiger partial charge in [-0.2, -0.15) is 21.6 Å². The van der Waals surface area contributed by atoms with Crippen molar-refractivity contribution in [1.29, 1.82) is 0 Å². The van der Waals surface area contributed by atoms with Gasteiger partial charge in [-0.3, -0.25) is 9.29 Å². The van der Waals surface area contributed by atoms with Crippen LogP contribution in [0.25, 0.3) is 9.69 Å². The van der Waals surface area contributed by atoms with E-state index in [4.69, 9.17) is 13.1 Å². The highest BCUT2D eigenvalue weighted by Crippen LogP contribution is 2.41. The van der Waals surface area contributed by atoms with Crippen LogP contribution in [0.2, 0.25) is 0 Å². The monoisotopic (exact) mass is 465 g/mol. The molecule has 0 fully saturated rings. The third-order valence-corrected chi connectivity index (χ3v) is 6.08. The van der Waals surface area contributed by atoms with Gasteiger partial charge in [0.1, 0.15) is 5.69 Å². The van der Waals surface area contributed by atoms with Crippen LogP contribution in [0, 0.1) is 13.1 Å². The molecule has 2 heterocycles. The van der Waals surface area contributed by atoms with Gasteiger partial charge in [-0.25, -0.2) is 4.85 Å². The second kappa shape index (κ2) is 8.51. The molecule has 9 nitrogen and oxygen atoms in total. The maximum atomic E-state index is 13.0. The van der Waals surface area contributed by atoms with E-state index in [1.807, 2.05) is 11.8 Å². The Kier molecular flexibility index (Phi) is 6.14. The lowest BCUT2D eigenvalue weighted by Crippen LogP contribution is -2.31. The molecule has 168 valence electrons. The summed E-state index contributed by atoms with van der Waals surface area (Å²) >= 11 is 0. The van der Waals surface area contributed by atoms with Crippen LogP contribution in [0.1, 0.15) is 18.9 Å². The number of alkyl halides is 3. The Hall–Kier alpha value is -3.58. The molecule has 3 rings (SSSR count). The van der Waals surface area contributed by atoms with E-state index < -0.39 is 15.5 Å². The molecular weight excluding hydrogens is 447 g/mol. The van der Waals surface area contributed by atoms with Gasteiger partial charge in [-0.05, 0) is 37.5 Å². The van der Waals surface area contributed by atoms with Gasteiger partial charge in [-0.15, -0.1) is 10.2 Å². The first-order valence-corrected chi connectivity index (χ1v) is 10.9. The summed E-state index contributed by atoms with van der Waals surface area (Å²) in [6.45, 7) is 17.5. The summed E-state index contributed by atoms with van der Waals surface area (Å²) in [6, 6.07) is 4.15. The van der Waals surface area contributed by atoms with Gasteiger partial charge >= 0.3 is 15.5 Å². The van der Waals surface area contributed by atoms with Crippen molar-refractivity contribution in [2.24, 2.45) is 17.3 Å². The number of aryl methyl sites for hydroxylation is 1. The van der Waals surface area contributed by atoms with E-state index in [2.05, 4.69) is 19.9 Å². The molecule has 1 aliphatic heterocycles. The fourth-order valence-corrected chi connectivity index (χ4v) is 3.94. The number of halogens is 3. The highest BCUT2D eigenvalue weighted by atomic mass is 32.2. The molecule has 1 aromatic heterocycles. The number of sulfonamides is 1. The van der Waals surface area contributed by atoms with Crippen molar-refractivity contribution in [3.8, 4) is 0 Å². The van der Waals surface area contributed by atoms with Gasteiger partial charge in [0.2, 0.25) is 17.3 Å². The number of aromatic nitrogens is 1. The lowest BCUT2D eigenvalue weighted by Gasteiger charge is -2.31. The molecule has 0 spiro atoms. The number of fused-ring (bicyclic) bond motifs is 1. The van der Waals surface area contributed by atoms with Crippen LogP contribution < -0.4 is 9.62 Å². The third-order valence-electron chi connectivity index (χ3n) is 4.99. The van der Waals surface area contributed by atoms with E-state index >= 15 is 0 Å². The van der Waals surface area contributed by atoms with Crippen LogP contribution >= 0.6 is 0 Å². The van der Waals surface area contributed by atoms with Gasteiger partial charge in [0.05, 0.1) is 19.3 Å². The Balaban J connectivity index is 2.12. The van der Waals surface area contributed by atoms with Crippen molar-refractivity contribution in [3.63, 3.8) is 0 Å². The van der Waals surface area contributed by atoms with E-state index in [1.165, 1.54) is 29.8 Å². The maximum absolute atomic E-state index is 13.0. The summed E-state index contributed by atoms with van der Waals surface area (Å²) in [5.74, 6) is 0.163. The lowest BCUT2D eigenvalue weighted by atomic mass is 10.0. The number of nitrogens with one attached hydrogen (secondary N) is 1. The molecule has 0 amide bonds. The molecule has 32 heavy (non-hydrogen) atoms. The Morgan fingerprint density at radius 2 is 1.91 bits per heavy atom. The summed E-state index contributed by atoms with van der Waals surface area (Å²) in [7, 11) is -4.18. The second-order valence-electron chi connectivity index (χ2n) is 6.93. The van der Waals surface area contributed by atoms with Gasteiger partial charge in [0, 0.05) is 24.8 Å². The summed E-state index contributed by atoms with van der Waals surface area (Å²) in [6.07, 6.45) is 1.47. The first-order chi connectivity index (χ1) is 15.0. The Morgan fingerprint density at radius 3 is 2.47 bits per heavy atom.